The van der Waals surface area contributed by atoms with Crippen molar-refractivity contribution < 1.29 is 18.7 Å². The lowest BCUT2D eigenvalue weighted by molar-refractivity contribution is -0.137. The fraction of sp³-hybridized carbons (Fsp3) is 0.342. The molecule has 9 nitrogen and oxygen atoms in total. The molecular weight excluding hydrogens is 625 g/mol. The van der Waals surface area contributed by atoms with Crippen LogP contribution < -0.4 is 20.1 Å². The first-order chi connectivity index (χ1) is 23.2. The van der Waals surface area contributed by atoms with Crippen LogP contribution in [0.4, 0.5) is 11.4 Å². The van der Waals surface area contributed by atoms with Crippen LogP contribution in [0.1, 0.15) is 44.6 Å². The quantitative estimate of drug-likeness (QED) is 0.102. The van der Waals surface area contributed by atoms with Gasteiger partial charge in [0.2, 0.25) is 11.8 Å². The van der Waals surface area contributed by atoms with Crippen molar-refractivity contribution >= 4 is 45.3 Å². The topological polar surface area (TPSA) is 88.2 Å². The number of hydrogen-bond donors (Lipinski definition) is 0. The number of thiophene rings is 1. The summed E-state index contributed by atoms with van der Waals surface area (Å²) in [6.45, 7) is 8.09. The second-order valence-electron chi connectivity index (χ2n) is 12.7. The van der Waals surface area contributed by atoms with Crippen molar-refractivity contribution in [2.75, 3.05) is 43.1 Å². The van der Waals surface area contributed by atoms with Crippen molar-refractivity contribution in [2.45, 2.75) is 46.2 Å². The van der Waals surface area contributed by atoms with Crippen molar-refractivity contribution in [3.63, 3.8) is 0 Å². The molecule has 2 amide bonds. The number of ether oxygens (including phenoxy) is 1. The van der Waals surface area contributed by atoms with Crippen LogP contribution in [-0.2, 0) is 22.6 Å². The van der Waals surface area contributed by atoms with E-state index in [2.05, 4.69) is 21.7 Å². The summed E-state index contributed by atoms with van der Waals surface area (Å²) >= 11 is 1.67. The van der Waals surface area contributed by atoms with Crippen LogP contribution in [0.15, 0.2) is 99.2 Å². The molecule has 0 saturated carbocycles. The largest absolute Gasteiger partial charge is 0.493 e. The summed E-state index contributed by atoms with van der Waals surface area (Å²) in [7, 11) is 1.71. The second-order valence-corrected chi connectivity index (χ2v) is 13.5. The lowest BCUT2D eigenvalue weighted by Gasteiger charge is -2.31. The van der Waals surface area contributed by atoms with Gasteiger partial charge in [0.15, 0.2) is 0 Å². The lowest BCUT2D eigenvalue weighted by Crippen LogP contribution is -2.47. The maximum atomic E-state index is 13.3. The van der Waals surface area contributed by atoms with Gasteiger partial charge in [0.1, 0.15) is 16.9 Å². The Kier molecular flexibility index (Phi) is 9.84. The summed E-state index contributed by atoms with van der Waals surface area (Å²) in [6.07, 6.45) is 5.01. The minimum absolute atomic E-state index is 0.00730. The molecule has 1 aliphatic heterocycles. The molecule has 1 aliphatic rings. The molecule has 5 aromatic rings. The van der Waals surface area contributed by atoms with E-state index < -0.39 is 5.41 Å². The standard InChI is InChI=1S/C38H42N4O5S/c1-5-42-32-14-13-30(25-34(32)39(4)36(44)38(2,3)37(42)45)47-22-9-17-40(33(28-16-23-48-26-28)24-29-11-8-21-46-29)19-20-41-18-15-27-10-6-7-12-31(27)35(41)43/h6-8,10-16,18,21,23,25-26,33H,5,9,17,19-20,22,24H2,1-4H3. The molecule has 10 heteroatoms. The predicted octanol–water partition coefficient (Wildman–Crippen LogP) is 6.77. The number of hydrogen-bond acceptors (Lipinski definition) is 7. The van der Waals surface area contributed by atoms with E-state index in [1.165, 1.54) is 5.56 Å². The van der Waals surface area contributed by atoms with E-state index in [1.54, 1.807) is 52.9 Å². The second kappa shape index (κ2) is 14.2. The van der Waals surface area contributed by atoms with Gasteiger partial charge in [-0.3, -0.25) is 19.3 Å². The van der Waals surface area contributed by atoms with Gasteiger partial charge in [0, 0.05) is 63.3 Å². The number of anilines is 2. The molecule has 0 N–H and O–H groups in total. The van der Waals surface area contributed by atoms with Crippen LogP contribution in [0.5, 0.6) is 5.75 Å². The third-order valence-corrected chi connectivity index (χ3v) is 9.95. The number of aromatic nitrogens is 1. The predicted molar refractivity (Wildman–Crippen MR) is 191 cm³/mol. The third kappa shape index (κ3) is 6.68. The Hall–Kier alpha value is -4.67. The maximum absolute atomic E-state index is 13.3. The van der Waals surface area contributed by atoms with E-state index in [9.17, 15) is 14.4 Å². The average Bonchev–Trinajstić information content (AvgIpc) is 3.82. The summed E-state index contributed by atoms with van der Waals surface area (Å²) in [5.41, 5.74) is 1.40. The Morgan fingerprint density at radius 3 is 2.54 bits per heavy atom. The van der Waals surface area contributed by atoms with Gasteiger partial charge in [-0.05, 0) is 91.4 Å². The smallest absolute Gasteiger partial charge is 0.258 e. The van der Waals surface area contributed by atoms with Gasteiger partial charge in [-0.1, -0.05) is 18.2 Å². The monoisotopic (exact) mass is 666 g/mol. The number of furan rings is 1. The third-order valence-electron chi connectivity index (χ3n) is 9.25. The molecular formula is C38H42N4O5S. The van der Waals surface area contributed by atoms with E-state index in [4.69, 9.17) is 9.15 Å². The number of nitrogens with zero attached hydrogens (tertiary/aromatic N) is 4. The van der Waals surface area contributed by atoms with Crippen LogP contribution in [0, 0.1) is 5.41 Å². The van der Waals surface area contributed by atoms with Crippen molar-refractivity contribution in [1.29, 1.82) is 0 Å². The van der Waals surface area contributed by atoms with Crippen LogP contribution in [-0.4, -0.2) is 54.6 Å². The van der Waals surface area contributed by atoms with Crippen LogP contribution >= 0.6 is 11.3 Å². The lowest BCUT2D eigenvalue weighted by atomic mass is 9.90. The fourth-order valence-corrected chi connectivity index (χ4v) is 7.24. The molecule has 1 unspecified atom stereocenters. The number of fused-ring (bicyclic) bond motifs is 2. The molecule has 48 heavy (non-hydrogen) atoms. The molecule has 1 atom stereocenters. The van der Waals surface area contributed by atoms with E-state index >= 15 is 0 Å². The normalized spacial score (nSPS) is 15.2. The van der Waals surface area contributed by atoms with Gasteiger partial charge < -0.3 is 23.5 Å². The summed E-state index contributed by atoms with van der Waals surface area (Å²) in [5, 5.41) is 5.92. The molecule has 0 saturated heterocycles. The number of pyridine rings is 1. The highest BCUT2D eigenvalue weighted by molar-refractivity contribution is 7.08. The van der Waals surface area contributed by atoms with Crippen molar-refractivity contribution in [1.82, 2.24) is 9.47 Å². The number of carbonyl (C=O) groups is 2. The zero-order chi connectivity index (χ0) is 33.8. The van der Waals surface area contributed by atoms with Crippen molar-refractivity contribution in [3.8, 4) is 5.75 Å². The van der Waals surface area contributed by atoms with Gasteiger partial charge in [-0.2, -0.15) is 11.3 Å². The molecule has 0 spiro atoms. The van der Waals surface area contributed by atoms with E-state index in [1.807, 2.05) is 73.8 Å². The van der Waals surface area contributed by atoms with Gasteiger partial charge in [-0.15, -0.1) is 0 Å². The van der Waals surface area contributed by atoms with E-state index in [0.29, 0.717) is 55.2 Å². The number of benzene rings is 2. The Labute approximate surface area is 284 Å². The molecule has 0 radical (unpaired) electrons. The first-order valence-electron chi connectivity index (χ1n) is 16.4. The Balaban J connectivity index is 1.20. The molecule has 0 aliphatic carbocycles. The summed E-state index contributed by atoms with van der Waals surface area (Å²) < 4.78 is 13.8. The number of carbonyl (C=O) groups excluding carboxylic acids is 2. The van der Waals surface area contributed by atoms with Crippen LogP contribution in [0.3, 0.4) is 0 Å². The van der Waals surface area contributed by atoms with Crippen molar-refractivity contribution in [2.24, 2.45) is 5.41 Å². The molecule has 0 fully saturated rings. The Morgan fingerprint density at radius 2 is 1.79 bits per heavy atom. The summed E-state index contributed by atoms with van der Waals surface area (Å²) in [6, 6.07) is 21.4. The fourth-order valence-electron chi connectivity index (χ4n) is 6.54. The Bertz CT molecular complexity index is 1930. The molecule has 2 aromatic carbocycles. The van der Waals surface area contributed by atoms with Gasteiger partial charge in [0.05, 0.1) is 24.2 Å². The van der Waals surface area contributed by atoms with Gasteiger partial charge >= 0.3 is 0 Å². The summed E-state index contributed by atoms with van der Waals surface area (Å²) in [5.74, 6) is 1.08. The maximum Gasteiger partial charge on any atom is 0.258 e. The minimum atomic E-state index is -1.17. The van der Waals surface area contributed by atoms with E-state index in [0.717, 1.165) is 24.1 Å². The first kappa shape index (κ1) is 33.2. The Morgan fingerprint density at radius 1 is 0.958 bits per heavy atom. The van der Waals surface area contributed by atoms with Crippen LogP contribution in [0.2, 0.25) is 0 Å². The molecule has 250 valence electrons. The summed E-state index contributed by atoms with van der Waals surface area (Å²) in [4.78, 5) is 45.5. The zero-order valence-electron chi connectivity index (χ0n) is 27.9. The van der Waals surface area contributed by atoms with E-state index in [-0.39, 0.29) is 23.4 Å². The molecule has 6 rings (SSSR count). The van der Waals surface area contributed by atoms with Crippen molar-refractivity contribution in [3.05, 3.63) is 112 Å². The molecule has 0 bridgehead atoms. The van der Waals surface area contributed by atoms with Crippen LogP contribution in [0.25, 0.3) is 10.8 Å². The van der Waals surface area contributed by atoms with Gasteiger partial charge in [0.25, 0.3) is 5.56 Å². The highest BCUT2D eigenvalue weighted by Gasteiger charge is 2.45. The zero-order valence-corrected chi connectivity index (χ0v) is 28.7. The number of amides is 2. The number of rotatable bonds is 13. The molecule has 4 heterocycles. The minimum Gasteiger partial charge on any atom is -0.493 e. The SMILES string of the molecule is CCN1C(=O)C(C)(C)C(=O)N(C)c2cc(OCCCN(CCn3ccc4ccccc4c3=O)C(Cc3ccco3)c3ccsc3)ccc21. The molecule has 3 aromatic heterocycles. The van der Waals surface area contributed by atoms with Gasteiger partial charge in [-0.25, -0.2) is 0 Å². The first-order valence-corrected chi connectivity index (χ1v) is 17.4. The highest BCUT2D eigenvalue weighted by atomic mass is 32.1. The average molecular weight is 667 g/mol. The highest BCUT2D eigenvalue weighted by Crippen LogP contribution is 2.40.